The van der Waals surface area contributed by atoms with Crippen LogP contribution >= 0.6 is 34.5 Å². The molecule has 0 radical (unpaired) electrons. The molecule has 10 nitrogen and oxygen atoms in total. The third kappa shape index (κ3) is 8.40. The maximum Gasteiger partial charge on any atom is 0.327 e. The molecule has 0 saturated carbocycles. The van der Waals surface area contributed by atoms with Crippen LogP contribution < -0.4 is 24.6 Å². The molecule has 0 amide bonds. The molecule has 2 N–H and O–H groups in total. The monoisotopic (exact) mass is 713 g/mol. The predicted molar refractivity (Wildman–Crippen MR) is 180 cm³/mol. The van der Waals surface area contributed by atoms with Gasteiger partial charge in [-0.05, 0) is 61.3 Å². The molecule has 1 fully saturated rings. The summed E-state index contributed by atoms with van der Waals surface area (Å²) in [5.41, 5.74) is 2.43. The molecule has 0 spiro atoms. The maximum absolute atomic E-state index is 13.4. The molecule has 254 valence electrons. The minimum atomic E-state index is -1.34. The van der Waals surface area contributed by atoms with E-state index in [1.54, 1.807) is 18.2 Å². The molecule has 2 aromatic heterocycles. The Morgan fingerprint density at radius 3 is 2.40 bits per heavy atom. The molecule has 1 aliphatic heterocycles. The first kappa shape index (κ1) is 35.4. The number of carbonyl (C=O) groups excluding carboxylic acids is 2. The van der Waals surface area contributed by atoms with Gasteiger partial charge in [-0.15, -0.1) is 11.3 Å². The quantitative estimate of drug-likeness (QED) is 0.109. The Kier molecular flexibility index (Phi) is 11.8. The summed E-state index contributed by atoms with van der Waals surface area (Å²) >= 11 is 14.1. The van der Waals surface area contributed by atoms with Gasteiger partial charge in [0.25, 0.3) is 0 Å². The molecule has 3 atom stereocenters. The van der Waals surface area contributed by atoms with Gasteiger partial charge in [0.2, 0.25) is 12.4 Å². The van der Waals surface area contributed by atoms with Gasteiger partial charge >= 0.3 is 5.97 Å². The molecular weight excluding hydrogens is 677 g/mol. The summed E-state index contributed by atoms with van der Waals surface area (Å²) in [6, 6.07) is 15.6. The number of hydrogen-bond acceptors (Lipinski definition) is 10. The highest BCUT2D eigenvalue weighted by atomic mass is 35.5. The number of hydrogen-bond donors (Lipinski definition) is 2. The summed E-state index contributed by atoms with van der Waals surface area (Å²) in [5, 5.41) is 26.3. The summed E-state index contributed by atoms with van der Waals surface area (Å²) in [7, 11) is 5.10. The zero-order chi connectivity index (χ0) is 34.4. The van der Waals surface area contributed by atoms with Crippen LogP contribution in [0.1, 0.15) is 55.2 Å². The van der Waals surface area contributed by atoms with Crippen LogP contribution in [0.2, 0.25) is 10.0 Å². The Morgan fingerprint density at radius 1 is 1.06 bits per heavy atom. The molecule has 1 saturated heterocycles. The number of thiophene rings is 1. The van der Waals surface area contributed by atoms with Gasteiger partial charge in [0, 0.05) is 40.1 Å². The molecule has 0 bridgehead atoms. The van der Waals surface area contributed by atoms with Crippen LogP contribution in [0.3, 0.4) is 0 Å². The highest BCUT2D eigenvalue weighted by Gasteiger charge is 2.29. The lowest BCUT2D eigenvalue weighted by atomic mass is 9.85. The van der Waals surface area contributed by atoms with Crippen molar-refractivity contribution in [2.75, 3.05) is 41.0 Å². The molecule has 13 heteroatoms. The number of aromatic carboxylic acids is 1. The second kappa shape index (κ2) is 16.0. The van der Waals surface area contributed by atoms with Crippen LogP contribution in [-0.4, -0.2) is 63.0 Å². The number of nitrogens with zero attached hydrogens (tertiary/aromatic N) is 2. The topological polar surface area (TPSA) is 124 Å². The van der Waals surface area contributed by atoms with E-state index in [2.05, 4.69) is 17.3 Å². The first-order chi connectivity index (χ1) is 23.1. The van der Waals surface area contributed by atoms with Gasteiger partial charge in [0.1, 0.15) is 16.1 Å². The summed E-state index contributed by atoms with van der Waals surface area (Å²) in [5.74, 6) is -1.07. The Bertz CT molecular complexity index is 1730. The zero-order valence-electron chi connectivity index (χ0n) is 26.8. The van der Waals surface area contributed by atoms with Crippen molar-refractivity contribution in [3.8, 4) is 11.5 Å². The second-order valence-corrected chi connectivity index (χ2v) is 13.7. The molecule has 0 aliphatic carbocycles. The molecule has 4 aromatic rings. The van der Waals surface area contributed by atoms with Gasteiger partial charge in [-0.1, -0.05) is 59.6 Å². The molecular formula is C35H37Cl2N3O7S. The van der Waals surface area contributed by atoms with E-state index in [9.17, 15) is 19.9 Å². The average Bonchev–Trinajstić information content (AvgIpc) is 3.69. The number of likely N-dealkylation sites (tertiary alicyclic amines) is 1. The van der Waals surface area contributed by atoms with E-state index in [0.29, 0.717) is 39.7 Å². The van der Waals surface area contributed by atoms with Gasteiger partial charge in [0.15, 0.2) is 11.5 Å². The first-order valence-electron chi connectivity index (χ1n) is 15.4. The highest BCUT2D eigenvalue weighted by Crippen LogP contribution is 2.41. The third-order valence-electron chi connectivity index (χ3n) is 8.46. The van der Waals surface area contributed by atoms with Crippen LogP contribution in [0.15, 0.2) is 67.0 Å². The largest absolute Gasteiger partial charge is 0.544 e. The number of ether oxygens (including phenoxy) is 3. The second-order valence-electron chi connectivity index (χ2n) is 11.7. The maximum atomic E-state index is 13.4. The Balaban J connectivity index is 1.47. The van der Waals surface area contributed by atoms with Crippen molar-refractivity contribution in [1.29, 1.82) is 0 Å². The van der Waals surface area contributed by atoms with Gasteiger partial charge in [-0.25, -0.2) is 4.79 Å². The minimum Gasteiger partial charge on any atom is -0.544 e. The lowest BCUT2D eigenvalue weighted by Crippen LogP contribution is -2.31. The van der Waals surface area contributed by atoms with E-state index in [-0.39, 0.29) is 33.8 Å². The predicted octanol–water partition coefficient (Wildman–Crippen LogP) is 4.66. The van der Waals surface area contributed by atoms with Crippen LogP contribution in [0, 0.1) is 5.92 Å². The fourth-order valence-corrected chi connectivity index (χ4v) is 7.62. The molecule has 3 heterocycles. The number of methoxy groups -OCH3 is 2. The van der Waals surface area contributed by atoms with Crippen molar-refractivity contribution in [2.45, 2.75) is 31.3 Å². The number of halogens is 2. The first-order valence-corrected chi connectivity index (χ1v) is 16.9. The van der Waals surface area contributed by atoms with Crippen molar-refractivity contribution < 1.29 is 38.8 Å². The molecule has 2 aromatic carbocycles. The Morgan fingerprint density at radius 2 is 1.77 bits per heavy atom. The van der Waals surface area contributed by atoms with Crippen LogP contribution in [0.25, 0.3) is 0 Å². The molecule has 5 rings (SSSR count). The van der Waals surface area contributed by atoms with E-state index in [1.165, 1.54) is 26.6 Å². The number of nitrogens with one attached hydrogen (secondary N) is 1. The van der Waals surface area contributed by atoms with E-state index in [1.807, 2.05) is 36.4 Å². The van der Waals surface area contributed by atoms with E-state index >= 15 is 0 Å². The number of esters is 1. The molecule has 1 aliphatic rings. The third-order valence-corrected chi connectivity index (χ3v) is 10.2. The van der Waals surface area contributed by atoms with Crippen LogP contribution in [0.5, 0.6) is 11.5 Å². The summed E-state index contributed by atoms with van der Waals surface area (Å²) < 4.78 is 17.5. The zero-order valence-corrected chi connectivity index (χ0v) is 29.1. The van der Waals surface area contributed by atoms with Gasteiger partial charge in [0.05, 0.1) is 31.7 Å². The van der Waals surface area contributed by atoms with E-state index in [0.717, 1.165) is 41.1 Å². The van der Waals surface area contributed by atoms with Crippen LogP contribution in [-0.2, 0) is 22.5 Å². The SMILES string of the molecule is COc1ccc([C@H](Cc2c(Cl)c[n+](O)cc2Cl)c2cc(CNC(C(=O)OC[C@H]3CCN(C)C3)c3ccccc3)sc2C(=O)[O-])cc1OC. The number of carboxylic acid groups (broad SMARTS) is 1. The molecule has 48 heavy (non-hydrogen) atoms. The Hall–Kier alpha value is -3.87. The van der Waals surface area contributed by atoms with Crippen LogP contribution in [0.4, 0.5) is 0 Å². The van der Waals surface area contributed by atoms with Gasteiger partial charge in [-0.2, -0.15) is 0 Å². The normalized spacial score (nSPS) is 16.0. The van der Waals surface area contributed by atoms with E-state index in [4.69, 9.17) is 37.4 Å². The number of pyridine rings is 1. The standard InChI is InChI=1S/C35H37Cl2N3O7S/c1-39-12-11-21(17-39)20-47-35(43)32(22-7-5-4-6-8-22)38-16-24-14-26(33(48-24)34(41)42)25(15-27-28(36)18-40(44)19-29(27)37)23-9-10-30(45-2)31(13-23)46-3/h4-10,13-14,18-19,21,25,32,38H,11-12,15-17,20H2,1-3H3,(H-,41,42,44)/t21-,25-,32?/m0/s1. The van der Waals surface area contributed by atoms with Crippen molar-refractivity contribution in [3.63, 3.8) is 0 Å². The molecule has 1 unspecified atom stereocenters. The number of carboxylic acids is 1. The van der Waals surface area contributed by atoms with Gasteiger partial charge in [-0.3, -0.25) is 10.5 Å². The Labute approximate surface area is 293 Å². The van der Waals surface area contributed by atoms with Gasteiger partial charge < -0.3 is 29.0 Å². The number of aromatic nitrogens is 1. The fourth-order valence-electron chi connectivity index (χ4n) is 6.01. The fraction of sp³-hybridized carbons (Fsp3) is 0.343. The smallest absolute Gasteiger partial charge is 0.327 e. The van der Waals surface area contributed by atoms with Crippen molar-refractivity contribution in [1.82, 2.24) is 10.2 Å². The number of carbonyl (C=O) groups is 2. The lowest BCUT2D eigenvalue weighted by molar-refractivity contribution is -0.904. The number of benzene rings is 2. The average molecular weight is 715 g/mol. The van der Waals surface area contributed by atoms with Crippen molar-refractivity contribution in [2.24, 2.45) is 5.92 Å². The number of rotatable bonds is 14. The summed E-state index contributed by atoms with van der Waals surface area (Å²) in [4.78, 5) is 28.9. The van der Waals surface area contributed by atoms with Crippen molar-refractivity contribution >= 4 is 46.5 Å². The van der Waals surface area contributed by atoms with Crippen molar-refractivity contribution in [3.05, 3.63) is 109 Å². The summed E-state index contributed by atoms with van der Waals surface area (Å²) in [6.45, 7) is 2.36. The lowest BCUT2D eigenvalue weighted by Gasteiger charge is -2.21. The summed E-state index contributed by atoms with van der Waals surface area (Å²) in [6.07, 6.45) is 3.78. The highest BCUT2D eigenvalue weighted by molar-refractivity contribution is 7.14. The van der Waals surface area contributed by atoms with E-state index < -0.39 is 23.9 Å². The minimum absolute atomic E-state index is 0.0242.